The van der Waals surface area contributed by atoms with Gasteiger partial charge in [0.1, 0.15) is 0 Å². The fourth-order valence-corrected chi connectivity index (χ4v) is 1.82. The van der Waals surface area contributed by atoms with Gasteiger partial charge in [-0.3, -0.25) is 9.48 Å². The molecule has 0 aliphatic rings. The van der Waals surface area contributed by atoms with Gasteiger partial charge in [-0.05, 0) is 23.8 Å². The normalized spacial score (nSPS) is 10.5. The minimum atomic E-state index is -0.00318. The van der Waals surface area contributed by atoms with Crippen LogP contribution in [0.3, 0.4) is 0 Å². The lowest BCUT2D eigenvalue weighted by atomic mass is 10.1. The van der Waals surface area contributed by atoms with Crippen LogP contribution in [0.1, 0.15) is 15.9 Å². The van der Waals surface area contributed by atoms with Crippen LogP contribution in [0.5, 0.6) is 0 Å². The van der Waals surface area contributed by atoms with E-state index in [1.807, 2.05) is 13.2 Å². The van der Waals surface area contributed by atoms with Crippen LogP contribution in [0, 0.1) is 0 Å². The van der Waals surface area contributed by atoms with E-state index in [9.17, 15) is 4.79 Å². The third kappa shape index (κ3) is 2.87. The van der Waals surface area contributed by atoms with E-state index in [1.54, 1.807) is 29.1 Å². The number of hydrogen-bond acceptors (Lipinski definition) is 2. The first-order valence-corrected chi connectivity index (χ1v) is 5.77. The number of halogens is 2. The summed E-state index contributed by atoms with van der Waals surface area (Å²) in [5, 5.41) is 4.85. The van der Waals surface area contributed by atoms with E-state index < -0.39 is 0 Å². The lowest BCUT2D eigenvalue weighted by Crippen LogP contribution is -2.02. The van der Waals surface area contributed by atoms with Crippen molar-refractivity contribution in [2.75, 3.05) is 0 Å². The zero-order valence-electron chi connectivity index (χ0n) is 9.15. The van der Waals surface area contributed by atoms with Crippen LogP contribution in [-0.2, 0) is 13.5 Å². The van der Waals surface area contributed by atoms with Gasteiger partial charge in [0.2, 0.25) is 0 Å². The predicted octanol–water partition coefficient (Wildman–Crippen LogP) is 3.15. The first kappa shape index (κ1) is 12.1. The van der Waals surface area contributed by atoms with Crippen molar-refractivity contribution in [3.63, 3.8) is 0 Å². The second-order valence-electron chi connectivity index (χ2n) is 3.75. The van der Waals surface area contributed by atoms with Gasteiger partial charge in [-0.25, -0.2) is 0 Å². The molecule has 17 heavy (non-hydrogen) atoms. The Kier molecular flexibility index (Phi) is 3.50. The third-order valence-electron chi connectivity index (χ3n) is 2.36. The molecule has 0 aliphatic heterocycles. The third-order valence-corrected chi connectivity index (χ3v) is 3.10. The largest absolute Gasteiger partial charge is 0.294 e. The molecule has 0 aliphatic carbocycles. The van der Waals surface area contributed by atoms with Gasteiger partial charge in [-0.2, -0.15) is 5.10 Å². The molecular weight excluding hydrogens is 259 g/mol. The summed E-state index contributed by atoms with van der Waals surface area (Å²) in [4.78, 5) is 11.9. The highest BCUT2D eigenvalue weighted by Crippen LogP contribution is 2.23. The molecule has 0 radical (unpaired) electrons. The van der Waals surface area contributed by atoms with E-state index in [-0.39, 0.29) is 5.78 Å². The van der Waals surface area contributed by atoms with E-state index in [0.717, 1.165) is 5.56 Å². The van der Waals surface area contributed by atoms with Gasteiger partial charge in [0, 0.05) is 25.2 Å². The molecular formula is C12H10Cl2N2O. The van der Waals surface area contributed by atoms with Crippen molar-refractivity contribution in [3.05, 3.63) is 51.8 Å². The Hall–Kier alpha value is -1.32. The maximum absolute atomic E-state index is 11.9. The van der Waals surface area contributed by atoms with Crippen molar-refractivity contribution >= 4 is 29.0 Å². The maximum Gasteiger partial charge on any atom is 0.167 e. The summed E-state index contributed by atoms with van der Waals surface area (Å²) < 4.78 is 1.66. The molecule has 0 N–H and O–H groups in total. The Morgan fingerprint density at radius 2 is 2.12 bits per heavy atom. The Bertz CT molecular complexity index is 563. The summed E-state index contributed by atoms with van der Waals surface area (Å²) in [5.41, 5.74) is 1.44. The van der Waals surface area contributed by atoms with Crippen molar-refractivity contribution in [3.8, 4) is 0 Å². The van der Waals surface area contributed by atoms with Gasteiger partial charge in [0.15, 0.2) is 5.78 Å². The number of rotatable bonds is 3. The first-order chi connectivity index (χ1) is 8.06. The average Bonchev–Trinajstić information content (AvgIpc) is 2.68. The molecule has 0 atom stereocenters. The zero-order chi connectivity index (χ0) is 12.4. The van der Waals surface area contributed by atoms with Gasteiger partial charge in [-0.1, -0.05) is 23.2 Å². The fraction of sp³-hybridized carbons (Fsp3) is 0.167. The monoisotopic (exact) mass is 268 g/mol. The van der Waals surface area contributed by atoms with E-state index >= 15 is 0 Å². The molecule has 0 spiro atoms. The standard InChI is InChI=1S/C12H10Cl2N2O/c1-16-7-8(6-15-16)4-12(17)9-2-3-10(13)11(14)5-9/h2-3,5-7H,4H2,1H3. The molecule has 1 aromatic heterocycles. The highest BCUT2D eigenvalue weighted by atomic mass is 35.5. The van der Waals surface area contributed by atoms with Crippen LogP contribution >= 0.6 is 23.2 Å². The van der Waals surface area contributed by atoms with Crippen LogP contribution < -0.4 is 0 Å². The lowest BCUT2D eigenvalue weighted by molar-refractivity contribution is 0.0993. The number of carbonyl (C=O) groups is 1. The Morgan fingerprint density at radius 3 is 2.71 bits per heavy atom. The molecule has 0 unspecified atom stereocenters. The molecule has 0 saturated heterocycles. The second-order valence-corrected chi connectivity index (χ2v) is 4.57. The number of Topliss-reactive ketones (excluding diaryl/α,β-unsaturated/α-hetero) is 1. The highest BCUT2D eigenvalue weighted by Gasteiger charge is 2.10. The SMILES string of the molecule is Cn1cc(CC(=O)c2ccc(Cl)c(Cl)c2)cn1. The molecule has 2 aromatic rings. The van der Waals surface area contributed by atoms with Crippen molar-refractivity contribution in [1.82, 2.24) is 9.78 Å². The Balaban J connectivity index is 2.17. The van der Waals surface area contributed by atoms with Gasteiger partial charge in [0.25, 0.3) is 0 Å². The van der Waals surface area contributed by atoms with Gasteiger partial charge >= 0.3 is 0 Å². The molecule has 5 heteroatoms. The molecule has 0 saturated carbocycles. The summed E-state index contributed by atoms with van der Waals surface area (Å²) in [6, 6.07) is 4.88. The van der Waals surface area contributed by atoms with Gasteiger partial charge in [0.05, 0.1) is 16.2 Å². The van der Waals surface area contributed by atoms with Crippen LogP contribution in [-0.4, -0.2) is 15.6 Å². The summed E-state index contributed by atoms with van der Waals surface area (Å²) >= 11 is 11.7. The second kappa shape index (κ2) is 4.90. The van der Waals surface area contributed by atoms with Crippen LogP contribution in [0.4, 0.5) is 0 Å². The molecule has 2 rings (SSSR count). The van der Waals surface area contributed by atoms with Crippen LogP contribution in [0.2, 0.25) is 10.0 Å². The summed E-state index contributed by atoms with van der Waals surface area (Å²) in [5.74, 6) is -0.00318. The number of nitrogens with zero attached hydrogens (tertiary/aromatic N) is 2. The molecule has 0 amide bonds. The summed E-state index contributed by atoms with van der Waals surface area (Å²) in [7, 11) is 1.81. The summed E-state index contributed by atoms with van der Waals surface area (Å²) in [6.07, 6.45) is 3.80. The quantitative estimate of drug-likeness (QED) is 0.802. The topological polar surface area (TPSA) is 34.9 Å². The van der Waals surface area contributed by atoms with E-state index in [1.165, 1.54) is 0 Å². The molecule has 88 valence electrons. The molecule has 3 nitrogen and oxygen atoms in total. The minimum absolute atomic E-state index is 0.00318. The Morgan fingerprint density at radius 1 is 1.35 bits per heavy atom. The van der Waals surface area contributed by atoms with Crippen LogP contribution in [0.15, 0.2) is 30.6 Å². The minimum Gasteiger partial charge on any atom is -0.294 e. The van der Waals surface area contributed by atoms with E-state index in [0.29, 0.717) is 22.0 Å². The number of aryl methyl sites for hydroxylation is 1. The summed E-state index contributed by atoms with van der Waals surface area (Å²) in [6.45, 7) is 0. The fourth-order valence-electron chi connectivity index (χ4n) is 1.52. The first-order valence-electron chi connectivity index (χ1n) is 5.02. The number of aromatic nitrogens is 2. The molecule has 0 bridgehead atoms. The maximum atomic E-state index is 11.9. The molecule has 1 heterocycles. The van der Waals surface area contributed by atoms with Gasteiger partial charge < -0.3 is 0 Å². The highest BCUT2D eigenvalue weighted by molar-refractivity contribution is 6.42. The molecule has 0 fully saturated rings. The lowest BCUT2D eigenvalue weighted by Gasteiger charge is -2.01. The number of benzene rings is 1. The van der Waals surface area contributed by atoms with Crippen molar-refractivity contribution in [2.45, 2.75) is 6.42 Å². The number of ketones is 1. The van der Waals surface area contributed by atoms with Crippen molar-refractivity contribution < 1.29 is 4.79 Å². The number of carbonyl (C=O) groups excluding carboxylic acids is 1. The van der Waals surface area contributed by atoms with Crippen molar-refractivity contribution in [2.24, 2.45) is 7.05 Å². The Labute approximate surface area is 109 Å². The van der Waals surface area contributed by atoms with Crippen molar-refractivity contribution in [1.29, 1.82) is 0 Å². The average molecular weight is 269 g/mol. The number of hydrogen-bond donors (Lipinski definition) is 0. The zero-order valence-corrected chi connectivity index (χ0v) is 10.7. The van der Waals surface area contributed by atoms with Gasteiger partial charge in [-0.15, -0.1) is 0 Å². The smallest absolute Gasteiger partial charge is 0.167 e. The van der Waals surface area contributed by atoms with Crippen LogP contribution in [0.25, 0.3) is 0 Å². The van der Waals surface area contributed by atoms with E-state index in [2.05, 4.69) is 5.10 Å². The van der Waals surface area contributed by atoms with E-state index in [4.69, 9.17) is 23.2 Å². The predicted molar refractivity (Wildman–Crippen MR) is 67.7 cm³/mol. The molecule has 1 aromatic carbocycles.